The van der Waals surface area contributed by atoms with E-state index in [1.807, 2.05) is 48.7 Å². The summed E-state index contributed by atoms with van der Waals surface area (Å²) in [5.41, 5.74) is 2.32. The first kappa shape index (κ1) is 13.6. The van der Waals surface area contributed by atoms with Gasteiger partial charge in [0, 0.05) is 24.8 Å². The molecular formula is C16H20N2O. The van der Waals surface area contributed by atoms with Crippen LogP contribution < -0.4 is 10.1 Å². The van der Waals surface area contributed by atoms with E-state index in [-0.39, 0.29) is 0 Å². The van der Waals surface area contributed by atoms with Gasteiger partial charge in [0.2, 0.25) is 5.88 Å². The summed E-state index contributed by atoms with van der Waals surface area (Å²) in [5.74, 6) is 0.664. The number of nitrogens with zero attached hydrogens (tertiary/aromatic N) is 1. The van der Waals surface area contributed by atoms with Gasteiger partial charge in [0.15, 0.2) is 0 Å². The van der Waals surface area contributed by atoms with E-state index in [1.54, 1.807) is 0 Å². The van der Waals surface area contributed by atoms with Gasteiger partial charge in [-0.15, -0.1) is 0 Å². The van der Waals surface area contributed by atoms with Crippen LogP contribution >= 0.6 is 0 Å². The van der Waals surface area contributed by atoms with Crippen molar-refractivity contribution < 1.29 is 4.74 Å². The summed E-state index contributed by atoms with van der Waals surface area (Å²) in [6, 6.07) is 14.5. The summed E-state index contributed by atoms with van der Waals surface area (Å²) in [6.45, 7) is 5.65. The molecule has 0 aliphatic heterocycles. The van der Waals surface area contributed by atoms with Crippen LogP contribution in [0, 0.1) is 0 Å². The Kier molecular flexibility index (Phi) is 4.93. The number of ether oxygens (including phenoxy) is 1. The molecule has 0 radical (unpaired) electrons. The molecule has 2 rings (SSSR count). The van der Waals surface area contributed by atoms with Crippen molar-refractivity contribution in [3.63, 3.8) is 0 Å². The topological polar surface area (TPSA) is 34.1 Å². The smallest absolute Gasteiger partial charge is 0.213 e. The van der Waals surface area contributed by atoms with E-state index in [0.717, 1.165) is 12.1 Å². The first-order valence-electron chi connectivity index (χ1n) is 6.59. The molecule has 0 bridgehead atoms. The van der Waals surface area contributed by atoms with Crippen molar-refractivity contribution in [2.24, 2.45) is 0 Å². The number of nitrogens with one attached hydrogen (secondary N) is 1. The maximum atomic E-state index is 5.64. The van der Waals surface area contributed by atoms with Gasteiger partial charge in [-0.25, -0.2) is 4.98 Å². The Morgan fingerprint density at radius 1 is 1.05 bits per heavy atom. The van der Waals surface area contributed by atoms with Gasteiger partial charge in [0.25, 0.3) is 0 Å². The highest BCUT2D eigenvalue weighted by Crippen LogP contribution is 2.10. The van der Waals surface area contributed by atoms with E-state index in [4.69, 9.17) is 4.74 Å². The molecule has 0 unspecified atom stereocenters. The zero-order valence-corrected chi connectivity index (χ0v) is 11.5. The number of benzene rings is 1. The Morgan fingerprint density at radius 3 is 2.47 bits per heavy atom. The van der Waals surface area contributed by atoms with E-state index in [0.29, 0.717) is 18.5 Å². The van der Waals surface area contributed by atoms with Gasteiger partial charge >= 0.3 is 0 Å². The van der Waals surface area contributed by atoms with Crippen LogP contribution in [-0.4, -0.2) is 11.0 Å². The van der Waals surface area contributed by atoms with E-state index < -0.39 is 0 Å². The molecule has 0 fully saturated rings. The SMILES string of the molecule is CC(C)NCc1ccc(OCc2ccccc2)nc1. The Labute approximate surface area is 114 Å². The van der Waals surface area contributed by atoms with Crippen molar-refractivity contribution in [3.05, 3.63) is 59.8 Å². The minimum atomic E-state index is 0.481. The van der Waals surface area contributed by atoms with Crippen molar-refractivity contribution in [2.45, 2.75) is 33.0 Å². The largest absolute Gasteiger partial charge is 0.473 e. The summed E-state index contributed by atoms with van der Waals surface area (Å²) < 4.78 is 5.64. The second-order valence-electron chi connectivity index (χ2n) is 4.81. The highest BCUT2D eigenvalue weighted by molar-refractivity contribution is 5.19. The Morgan fingerprint density at radius 2 is 1.84 bits per heavy atom. The zero-order valence-electron chi connectivity index (χ0n) is 11.5. The van der Waals surface area contributed by atoms with Gasteiger partial charge < -0.3 is 10.1 Å². The average Bonchev–Trinajstić information content (AvgIpc) is 2.45. The highest BCUT2D eigenvalue weighted by atomic mass is 16.5. The third-order valence-corrected chi connectivity index (χ3v) is 2.74. The molecule has 1 N–H and O–H groups in total. The second-order valence-corrected chi connectivity index (χ2v) is 4.81. The molecule has 1 heterocycles. The van der Waals surface area contributed by atoms with Gasteiger partial charge in [0.1, 0.15) is 6.61 Å². The standard InChI is InChI=1S/C16H20N2O/c1-13(2)17-10-15-8-9-16(18-11-15)19-12-14-6-4-3-5-7-14/h3-9,11,13,17H,10,12H2,1-2H3. The van der Waals surface area contributed by atoms with Gasteiger partial charge in [0.05, 0.1) is 0 Å². The molecule has 0 saturated carbocycles. The highest BCUT2D eigenvalue weighted by Gasteiger charge is 1.99. The van der Waals surface area contributed by atoms with Gasteiger partial charge in [-0.3, -0.25) is 0 Å². The first-order chi connectivity index (χ1) is 9.24. The summed E-state index contributed by atoms with van der Waals surface area (Å²) in [4.78, 5) is 4.31. The van der Waals surface area contributed by atoms with Crippen LogP contribution in [0.1, 0.15) is 25.0 Å². The van der Waals surface area contributed by atoms with E-state index in [9.17, 15) is 0 Å². The lowest BCUT2D eigenvalue weighted by Crippen LogP contribution is -2.21. The predicted molar refractivity (Wildman–Crippen MR) is 77.0 cm³/mol. The van der Waals surface area contributed by atoms with E-state index >= 15 is 0 Å². The maximum absolute atomic E-state index is 5.64. The molecule has 3 nitrogen and oxygen atoms in total. The van der Waals surface area contributed by atoms with Crippen molar-refractivity contribution in [3.8, 4) is 5.88 Å². The van der Waals surface area contributed by atoms with Crippen LogP contribution in [0.5, 0.6) is 5.88 Å². The number of rotatable bonds is 6. The number of hydrogen-bond acceptors (Lipinski definition) is 3. The van der Waals surface area contributed by atoms with Crippen LogP contribution in [-0.2, 0) is 13.2 Å². The van der Waals surface area contributed by atoms with Crippen molar-refractivity contribution in [2.75, 3.05) is 0 Å². The van der Waals surface area contributed by atoms with Crippen molar-refractivity contribution >= 4 is 0 Å². The Bertz CT molecular complexity index is 480. The molecule has 2 aromatic rings. The molecule has 0 aliphatic rings. The Balaban J connectivity index is 1.85. The quantitative estimate of drug-likeness (QED) is 0.862. The summed E-state index contributed by atoms with van der Waals surface area (Å²) in [7, 11) is 0. The normalized spacial score (nSPS) is 10.7. The van der Waals surface area contributed by atoms with Crippen LogP contribution in [0.2, 0.25) is 0 Å². The fourth-order valence-corrected chi connectivity index (χ4v) is 1.65. The third-order valence-electron chi connectivity index (χ3n) is 2.74. The lowest BCUT2D eigenvalue weighted by Gasteiger charge is -2.09. The molecule has 3 heteroatoms. The molecule has 100 valence electrons. The number of aromatic nitrogens is 1. The van der Waals surface area contributed by atoms with Gasteiger partial charge in [-0.2, -0.15) is 0 Å². The molecule has 1 aromatic carbocycles. The molecule has 0 saturated heterocycles. The van der Waals surface area contributed by atoms with Gasteiger partial charge in [-0.05, 0) is 11.1 Å². The molecular weight excluding hydrogens is 236 g/mol. The zero-order chi connectivity index (χ0) is 13.5. The lowest BCUT2D eigenvalue weighted by molar-refractivity contribution is 0.293. The van der Waals surface area contributed by atoms with Crippen molar-refractivity contribution in [1.29, 1.82) is 0 Å². The molecule has 1 aromatic heterocycles. The third kappa shape index (κ3) is 4.72. The number of pyridine rings is 1. The molecule has 0 aliphatic carbocycles. The molecule has 0 amide bonds. The lowest BCUT2D eigenvalue weighted by atomic mass is 10.2. The van der Waals surface area contributed by atoms with E-state index in [1.165, 1.54) is 5.56 Å². The summed E-state index contributed by atoms with van der Waals surface area (Å²) in [6.07, 6.45) is 1.86. The predicted octanol–water partition coefficient (Wildman–Crippen LogP) is 3.16. The minimum absolute atomic E-state index is 0.481. The average molecular weight is 256 g/mol. The van der Waals surface area contributed by atoms with E-state index in [2.05, 4.69) is 24.1 Å². The second kappa shape index (κ2) is 6.90. The Hall–Kier alpha value is -1.87. The van der Waals surface area contributed by atoms with Crippen LogP contribution in [0.15, 0.2) is 48.7 Å². The molecule has 19 heavy (non-hydrogen) atoms. The number of hydrogen-bond donors (Lipinski definition) is 1. The fourth-order valence-electron chi connectivity index (χ4n) is 1.65. The van der Waals surface area contributed by atoms with Gasteiger partial charge in [-0.1, -0.05) is 50.2 Å². The monoisotopic (exact) mass is 256 g/mol. The molecule has 0 atom stereocenters. The van der Waals surface area contributed by atoms with Crippen LogP contribution in [0.3, 0.4) is 0 Å². The van der Waals surface area contributed by atoms with Crippen LogP contribution in [0.25, 0.3) is 0 Å². The minimum Gasteiger partial charge on any atom is -0.473 e. The summed E-state index contributed by atoms with van der Waals surface area (Å²) >= 11 is 0. The fraction of sp³-hybridized carbons (Fsp3) is 0.312. The molecule has 0 spiro atoms. The van der Waals surface area contributed by atoms with Crippen LogP contribution in [0.4, 0.5) is 0 Å². The maximum Gasteiger partial charge on any atom is 0.213 e. The summed E-state index contributed by atoms with van der Waals surface area (Å²) in [5, 5.41) is 3.36. The first-order valence-corrected chi connectivity index (χ1v) is 6.59. The van der Waals surface area contributed by atoms with Crippen molar-refractivity contribution in [1.82, 2.24) is 10.3 Å².